The van der Waals surface area contributed by atoms with Crippen LogP contribution in [0.5, 0.6) is 5.75 Å². The molecule has 0 atom stereocenters. The molecule has 1 aromatic rings. The summed E-state index contributed by atoms with van der Waals surface area (Å²) in [6, 6.07) is 6.07. The van der Waals surface area contributed by atoms with Crippen molar-refractivity contribution >= 4 is 5.91 Å². The predicted molar refractivity (Wildman–Crippen MR) is 69.3 cm³/mol. The minimum Gasteiger partial charge on any atom is -0.491 e. The Morgan fingerprint density at radius 1 is 1.29 bits per heavy atom. The van der Waals surface area contributed by atoms with Gasteiger partial charge in [-0.3, -0.25) is 4.79 Å². The normalized spacial score (nSPS) is 10.1. The second-order valence-electron chi connectivity index (χ2n) is 4.17. The Hall–Kier alpha value is -1.51. The van der Waals surface area contributed by atoms with E-state index >= 15 is 0 Å². The van der Waals surface area contributed by atoms with Crippen molar-refractivity contribution in [2.75, 3.05) is 13.2 Å². The van der Waals surface area contributed by atoms with Crippen LogP contribution in [0.25, 0.3) is 0 Å². The Balaban J connectivity index is 2.34. The number of para-hydroxylation sites is 1. The van der Waals surface area contributed by atoms with Crippen molar-refractivity contribution in [3.8, 4) is 5.75 Å². The van der Waals surface area contributed by atoms with E-state index in [1.54, 1.807) is 0 Å². The smallest absolute Gasteiger partial charge is 0.220 e. The summed E-state index contributed by atoms with van der Waals surface area (Å²) < 4.78 is 5.68. The zero-order valence-corrected chi connectivity index (χ0v) is 10.9. The fourth-order valence-corrected chi connectivity index (χ4v) is 1.69. The number of amides is 1. The van der Waals surface area contributed by atoms with Crippen molar-refractivity contribution < 1.29 is 9.53 Å². The fourth-order valence-electron chi connectivity index (χ4n) is 1.69. The Labute approximate surface area is 103 Å². The standard InChI is InChI=1S/C14H21NO2/c1-4-6-13(16)15-9-10-17-14-11(2)7-5-8-12(14)3/h5,7-8H,4,6,9-10H2,1-3H3,(H,15,16). The summed E-state index contributed by atoms with van der Waals surface area (Å²) >= 11 is 0. The van der Waals surface area contributed by atoms with E-state index in [1.807, 2.05) is 39.0 Å². The van der Waals surface area contributed by atoms with Gasteiger partial charge in [-0.15, -0.1) is 0 Å². The molecule has 0 aliphatic heterocycles. The molecule has 1 amide bonds. The zero-order chi connectivity index (χ0) is 12.7. The maximum Gasteiger partial charge on any atom is 0.220 e. The molecule has 0 saturated heterocycles. The van der Waals surface area contributed by atoms with Crippen LogP contribution in [0.15, 0.2) is 18.2 Å². The molecule has 0 heterocycles. The van der Waals surface area contributed by atoms with Crippen LogP contribution < -0.4 is 10.1 Å². The van der Waals surface area contributed by atoms with Crippen LogP contribution in [0.4, 0.5) is 0 Å². The van der Waals surface area contributed by atoms with Gasteiger partial charge in [-0.25, -0.2) is 0 Å². The lowest BCUT2D eigenvalue weighted by molar-refractivity contribution is -0.121. The van der Waals surface area contributed by atoms with Crippen LogP contribution in [0.2, 0.25) is 0 Å². The molecule has 0 aromatic heterocycles. The molecule has 0 aliphatic rings. The molecule has 17 heavy (non-hydrogen) atoms. The average molecular weight is 235 g/mol. The van der Waals surface area contributed by atoms with Gasteiger partial charge in [0.15, 0.2) is 0 Å². The van der Waals surface area contributed by atoms with Gasteiger partial charge in [-0.05, 0) is 31.4 Å². The SMILES string of the molecule is CCCC(=O)NCCOc1c(C)cccc1C. The highest BCUT2D eigenvalue weighted by Crippen LogP contribution is 2.21. The van der Waals surface area contributed by atoms with E-state index in [2.05, 4.69) is 5.32 Å². The van der Waals surface area contributed by atoms with Crippen molar-refractivity contribution in [3.05, 3.63) is 29.3 Å². The fraction of sp³-hybridized carbons (Fsp3) is 0.500. The first kappa shape index (κ1) is 13.6. The number of benzene rings is 1. The van der Waals surface area contributed by atoms with Gasteiger partial charge in [0.2, 0.25) is 5.91 Å². The van der Waals surface area contributed by atoms with E-state index in [-0.39, 0.29) is 5.91 Å². The summed E-state index contributed by atoms with van der Waals surface area (Å²) in [6.07, 6.45) is 1.47. The minimum absolute atomic E-state index is 0.0950. The maximum atomic E-state index is 11.2. The number of hydrogen-bond acceptors (Lipinski definition) is 2. The number of aryl methyl sites for hydroxylation is 2. The van der Waals surface area contributed by atoms with Crippen molar-refractivity contribution in [2.45, 2.75) is 33.6 Å². The Kier molecular flexibility index (Phi) is 5.53. The molecule has 0 radical (unpaired) electrons. The third kappa shape index (κ3) is 4.47. The molecule has 0 fully saturated rings. The number of rotatable bonds is 6. The topological polar surface area (TPSA) is 38.3 Å². The van der Waals surface area contributed by atoms with Crippen molar-refractivity contribution in [2.24, 2.45) is 0 Å². The third-order valence-corrected chi connectivity index (χ3v) is 2.56. The zero-order valence-electron chi connectivity index (χ0n) is 10.9. The molecule has 3 nitrogen and oxygen atoms in total. The molecule has 0 bridgehead atoms. The highest BCUT2D eigenvalue weighted by Gasteiger charge is 2.03. The van der Waals surface area contributed by atoms with E-state index in [4.69, 9.17) is 4.74 Å². The number of ether oxygens (including phenoxy) is 1. The second kappa shape index (κ2) is 6.94. The Morgan fingerprint density at radius 3 is 2.53 bits per heavy atom. The summed E-state index contributed by atoms with van der Waals surface area (Å²) in [5.41, 5.74) is 2.26. The highest BCUT2D eigenvalue weighted by atomic mass is 16.5. The van der Waals surface area contributed by atoms with Crippen molar-refractivity contribution in [1.29, 1.82) is 0 Å². The Morgan fingerprint density at radius 2 is 1.94 bits per heavy atom. The number of hydrogen-bond donors (Lipinski definition) is 1. The molecular weight excluding hydrogens is 214 g/mol. The number of carbonyl (C=O) groups is 1. The van der Waals surface area contributed by atoms with E-state index in [0.717, 1.165) is 23.3 Å². The van der Waals surface area contributed by atoms with Crippen molar-refractivity contribution in [1.82, 2.24) is 5.32 Å². The largest absolute Gasteiger partial charge is 0.491 e. The van der Waals surface area contributed by atoms with Gasteiger partial charge in [0.1, 0.15) is 12.4 Å². The first-order valence-electron chi connectivity index (χ1n) is 6.11. The summed E-state index contributed by atoms with van der Waals surface area (Å²) in [6.45, 7) is 7.12. The van der Waals surface area contributed by atoms with Gasteiger partial charge in [-0.1, -0.05) is 25.1 Å². The molecule has 1 N–H and O–H groups in total. The lowest BCUT2D eigenvalue weighted by Crippen LogP contribution is -2.27. The molecule has 3 heteroatoms. The van der Waals surface area contributed by atoms with E-state index in [0.29, 0.717) is 19.6 Å². The van der Waals surface area contributed by atoms with Crippen LogP contribution >= 0.6 is 0 Å². The van der Waals surface area contributed by atoms with Crippen LogP contribution in [0, 0.1) is 13.8 Å². The molecule has 0 unspecified atom stereocenters. The molecule has 0 spiro atoms. The van der Waals surface area contributed by atoms with E-state index < -0.39 is 0 Å². The first-order chi connectivity index (χ1) is 8.15. The predicted octanol–water partition coefficient (Wildman–Crippen LogP) is 2.60. The molecule has 1 aromatic carbocycles. The van der Waals surface area contributed by atoms with Crippen molar-refractivity contribution in [3.63, 3.8) is 0 Å². The Bertz CT molecular complexity index is 354. The highest BCUT2D eigenvalue weighted by molar-refractivity contribution is 5.75. The minimum atomic E-state index is 0.0950. The average Bonchev–Trinajstić information content (AvgIpc) is 2.28. The maximum absolute atomic E-state index is 11.2. The summed E-state index contributed by atoms with van der Waals surface area (Å²) in [4.78, 5) is 11.2. The van der Waals surface area contributed by atoms with Gasteiger partial charge < -0.3 is 10.1 Å². The molecule has 94 valence electrons. The summed E-state index contributed by atoms with van der Waals surface area (Å²) in [5, 5.41) is 2.83. The number of nitrogens with one attached hydrogen (secondary N) is 1. The van der Waals surface area contributed by atoms with Crippen LogP contribution in [0.3, 0.4) is 0 Å². The number of carbonyl (C=O) groups excluding carboxylic acids is 1. The lowest BCUT2D eigenvalue weighted by atomic mass is 10.1. The monoisotopic (exact) mass is 235 g/mol. The first-order valence-corrected chi connectivity index (χ1v) is 6.11. The second-order valence-corrected chi connectivity index (χ2v) is 4.17. The van der Waals surface area contributed by atoms with E-state index in [1.165, 1.54) is 0 Å². The van der Waals surface area contributed by atoms with Gasteiger partial charge >= 0.3 is 0 Å². The van der Waals surface area contributed by atoms with Gasteiger partial charge in [0.05, 0.1) is 6.54 Å². The molecular formula is C14H21NO2. The summed E-state index contributed by atoms with van der Waals surface area (Å²) in [5.74, 6) is 1.02. The lowest BCUT2D eigenvalue weighted by Gasteiger charge is -2.12. The van der Waals surface area contributed by atoms with Gasteiger partial charge in [-0.2, -0.15) is 0 Å². The van der Waals surface area contributed by atoms with Gasteiger partial charge in [0, 0.05) is 6.42 Å². The van der Waals surface area contributed by atoms with Crippen LogP contribution in [0.1, 0.15) is 30.9 Å². The summed E-state index contributed by atoms with van der Waals surface area (Å²) in [7, 11) is 0. The molecule has 1 rings (SSSR count). The van der Waals surface area contributed by atoms with Crippen LogP contribution in [-0.2, 0) is 4.79 Å². The molecule has 0 saturated carbocycles. The third-order valence-electron chi connectivity index (χ3n) is 2.56. The van der Waals surface area contributed by atoms with E-state index in [9.17, 15) is 4.79 Å². The van der Waals surface area contributed by atoms with Crippen LogP contribution in [-0.4, -0.2) is 19.1 Å². The van der Waals surface area contributed by atoms with Gasteiger partial charge in [0.25, 0.3) is 0 Å². The molecule has 0 aliphatic carbocycles. The quantitative estimate of drug-likeness (QED) is 0.770.